The predicted molar refractivity (Wildman–Crippen MR) is 120 cm³/mol. The number of rotatable bonds is 9. The Hall–Kier alpha value is -2.98. The number of methoxy groups -OCH3 is 1. The molecule has 3 aromatic carbocycles. The first-order chi connectivity index (χ1) is 14.5. The van der Waals surface area contributed by atoms with Gasteiger partial charge in [0.2, 0.25) is 0 Å². The van der Waals surface area contributed by atoms with E-state index in [0.717, 1.165) is 18.4 Å². The summed E-state index contributed by atoms with van der Waals surface area (Å²) >= 11 is 5.91. The normalized spacial score (nSPS) is 11.6. The molecule has 5 heteroatoms. The maximum Gasteiger partial charge on any atom is 0.251 e. The minimum absolute atomic E-state index is 0.0635. The van der Waals surface area contributed by atoms with Crippen LogP contribution in [-0.4, -0.2) is 19.1 Å². The van der Waals surface area contributed by atoms with E-state index in [9.17, 15) is 4.79 Å². The largest absolute Gasteiger partial charge is 0.496 e. The fourth-order valence-corrected chi connectivity index (χ4v) is 3.26. The van der Waals surface area contributed by atoms with E-state index in [4.69, 9.17) is 21.1 Å². The van der Waals surface area contributed by atoms with Crippen molar-refractivity contribution in [2.75, 3.05) is 7.11 Å². The van der Waals surface area contributed by atoms with E-state index in [2.05, 4.69) is 17.4 Å². The van der Waals surface area contributed by atoms with Crippen LogP contribution < -0.4 is 14.8 Å². The molecule has 3 aromatic rings. The van der Waals surface area contributed by atoms with E-state index >= 15 is 0 Å². The van der Waals surface area contributed by atoms with E-state index in [-0.39, 0.29) is 18.6 Å². The average molecular weight is 424 g/mol. The molecule has 30 heavy (non-hydrogen) atoms. The first-order valence-electron chi connectivity index (χ1n) is 9.95. The van der Waals surface area contributed by atoms with Crippen LogP contribution in [0, 0.1) is 0 Å². The molecule has 0 bridgehead atoms. The van der Waals surface area contributed by atoms with Crippen LogP contribution in [-0.2, 0) is 13.0 Å². The first kappa shape index (κ1) is 21.7. The summed E-state index contributed by atoms with van der Waals surface area (Å²) in [5.74, 6) is 1.27. The molecule has 1 atom stereocenters. The molecule has 0 aliphatic rings. The van der Waals surface area contributed by atoms with Gasteiger partial charge in [0.15, 0.2) is 0 Å². The SMILES string of the molecule is COc1ccc(C(=O)N[C@@H](C)CCc2ccccc2)cc1COc1ccc(Cl)cc1. The van der Waals surface area contributed by atoms with E-state index in [1.54, 1.807) is 43.5 Å². The number of carbonyl (C=O) groups excluding carboxylic acids is 1. The minimum atomic E-state index is -0.106. The van der Waals surface area contributed by atoms with Crippen molar-refractivity contribution in [3.05, 3.63) is 94.5 Å². The molecule has 4 nitrogen and oxygen atoms in total. The summed E-state index contributed by atoms with van der Waals surface area (Å²) in [6, 6.07) is 22.9. The van der Waals surface area contributed by atoms with Gasteiger partial charge in [0.1, 0.15) is 18.1 Å². The van der Waals surface area contributed by atoms with Gasteiger partial charge in [0.05, 0.1) is 7.11 Å². The number of benzene rings is 3. The van der Waals surface area contributed by atoms with Crippen LogP contribution in [0.3, 0.4) is 0 Å². The summed E-state index contributed by atoms with van der Waals surface area (Å²) in [7, 11) is 1.60. The summed E-state index contributed by atoms with van der Waals surface area (Å²) < 4.78 is 11.2. The second-order valence-corrected chi connectivity index (χ2v) is 7.60. The molecule has 0 heterocycles. The van der Waals surface area contributed by atoms with Gasteiger partial charge >= 0.3 is 0 Å². The van der Waals surface area contributed by atoms with Gasteiger partial charge in [-0.15, -0.1) is 0 Å². The standard InChI is InChI=1S/C25H26ClNO3/c1-18(8-9-19-6-4-3-5-7-19)27-25(28)20-10-15-24(29-2)21(16-20)17-30-23-13-11-22(26)12-14-23/h3-7,10-16,18H,8-9,17H2,1-2H3,(H,27,28)/t18-/m0/s1. The second-order valence-electron chi connectivity index (χ2n) is 7.17. The molecular formula is C25H26ClNO3. The number of carbonyl (C=O) groups is 1. The van der Waals surface area contributed by atoms with E-state index in [0.29, 0.717) is 22.1 Å². The Bertz CT molecular complexity index is 958. The third-order valence-electron chi connectivity index (χ3n) is 4.84. The van der Waals surface area contributed by atoms with Crippen molar-refractivity contribution in [2.24, 2.45) is 0 Å². The smallest absolute Gasteiger partial charge is 0.251 e. The summed E-state index contributed by atoms with van der Waals surface area (Å²) in [4.78, 5) is 12.7. The highest BCUT2D eigenvalue weighted by Crippen LogP contribution is 2.23. The lowest BCUT2D eigenvalue weighted by Crippen LogP contribution is -2.33. The van der Waals surface area contributed by atoms with Gasteiger partial charge < -0.3 is 14.8 Å². The van der Waals surface area contributed by atoms with Crippen LogP contribution in [0.1, 0.15) is 34.8 Å². The van der Waals surface area contributed by atoms with E-state index in [1.807, 2.05) is 31.2 Å². The Morgan fingerprint density at radius 3 is 2.47 bits per heavy atom. The number of amides is 1. The summed E-state index contributed by atoms with van der Waals surface area (Å²) in [6.07, 6.45) is 1.80. The maximum absolute atomic E-state index is 12.7. The predicted octanol–water partition coefficient (Wildman–Crippen LogP) is 5.68. The lowest BCUT2D eigenvalue weighted by molar-refractivity contribution is 0.0938. The molecule has 0 aliphatic carbocycles. The second kappa shape index (κ2) is 10.7. The summed E-state index contributed by atoms with van der Waals surface area (Å²) in [5, 5.41) is 3.73. The van der Waals surface area contributed by atoms with Crippen molar-refractivity contribution < 1.29 is 14.3 Å². The lowest BCUT2D eigenvalue weighted by atomic mass is 10.1. The molecular weight excluding hydrogens is 398 g/mol. The average Bonchev–Trinajstić information content (AvgIpc) is 2.77. The molecule has 0 fully saturated rings. The fourth-order valence-electron chi connectivity index (χ4n) is 3.13. The first-order valence-corrected chi connectivity index (χ1v) is 10.3. The van der Waals surface area contributed by atoms with E-state index < -0.39 is 0 Å². The zero-order valence-electron chi connectivity index (χ0n) is 17.2. The Kier molecular flexibility index (Phi) is 7.75. The van der Waals surface area contributed by atoms with Gasteiger partial charge in [0.25, 0.3) is 5.91 Å². The molecule has 3 rings (SSSR count). The van der Waals surface area contributed by atoms with Gasteiger partial charge in [0, 0.05) is 22.2 Å². The van der Waals surface area contributed by atoms with Crippen LogP contribution in [0.25, 0.3) is 0 Å². The molecule has 1 amide bonds. The van der Waals surface area contributed by atoms with Crippen molar-refractivity contribution in [3.8, 4) is 11.5 Å². The molecule has 0 aliphatic heterocycles. The summed E-state index contributed by atoms with van der Waals surface area (Å²) in [6.45, 7) is 2.31. The zero-order chi connectivity index (χ0) is 21.3. The molecule has 0 saturated heterocycles. The Morgan fingerprint density at radius 2 is 1.77 bits per heavy atom. The Labute approximate surface area is 182 Å². The van der Waals surface area contributed by atoms with Gasteiger partial charge in [-0.3, -0.25) is 4.79 Å². The van der Waals surface area contributed by atoms with Crippen LogP contribution in [0.5, 0.6) is 11.5 Å². The number of halogens is 1. The molecule has 0 unspecified atom stereocenters. The van der Waals surface area contributed by atoms with Crippen molar-refractivity contribution in [3.63, 3.8) is 0 Å². The van der Waals surface area contributed by atoms with Crippen LogP contribution in [0.4, 0.5) is 0 Å². The third kappa shape index (κ3) is 6.26. The topological polar surface area (TPSA) is 47.6 Å². The van der Waals surface area contributed by atoms with E-state index in [1.165, 1.54) is 5.56 Å². The molecule has 0 aromatic heterocycles. The number of hydrogen-bond acceptors (Lipinski definition) is 3. The van der Waals surface area contributed by atoms with Crippen molar-refractivity contribution in [1.82, 2.24) is 5.32 Å². The molecule has 0 radical (unpaired) electrons. The minimum Gasteiger partial charge on any atom is -0.496 e. The molecule has 1 N–H and O–H groups in total. The highest BCUT2D eigenvalue weighted by atomic mass is 35.5. The van der Waals surface area contributed by atoms with Crippen molar-refractivity contribution in [2.45, 2.75) is 32.4 Å². The van der Waals surface area contributed by atoms with Crippen LogP contribution in [0.15, 0.2) is 72.8 Å². The Morgan fingerprint density at radius 1 is 1.03 bits per heavy atom. The van der Waals surface area contributed by atoms with Gasteiger partial charge in [-0.1, -0.05) is 41.9 Å². The van der Waals surface area contributed by atoms with Gasteiger partial charge in [-0.2, -0.15) is 0 Å². The third-order valence-corrected chi connectivity index (χ3v) is 5.09. The van der Waals surface area contributed by atoms with Crippen LogP contribution >= 0.6 is 11.6 Å². The van der Waals surface area contributed by atoms with Gasteiger partial charge in [-0.05, 0) is 67.8 Å². The lowest BCUT2D eigenvalue weighted by Gasteiger charge is -2.16. The fraction of sp³-hybridized carbons (Fsp3) is 0.240. The molecule has 156 valence electrons. The number of aryl methyl sites for hydroxylation is 1. The number of ether oxygens (including phenoxy) is 2. The number of hydrogen-bond donors (Lipinski definition) is 1. The number of nitrogens with one attached hydrogen (secondary N) is 1. The van der Waals surface area contributed by atoms with Gasteiger partial charge in [-0.25, -0.2) is 0 Å². The van der Waals surface area contributed by atoms with Crippen molar-refractivity contribution in [1.29, 1.82) is 0 Å². The summed E-state index contributed by atoms with van der Waals surface area (Å²) in [5.41, 5.74) is 2.65. The zero-order valence-corrected chi connectivity index (χ0v) is 18.0. The monoisotopic (exact) mass is 423 g/mol. The Balaban J connectivity index is 1.61. The maximum atomic E-state index is 12.7. The highest BCUT2D eigenvalue weighted by molar-refractivity contribution is 6.30. The molecule has 0 saturated carbocycles. The van der Waals surface area contributed by atoms with Crippen LogP contribution in [0.2, 0.25) is 5.02 Å². The quantitative estimate of drug-likeness (QED) is 0.481. The highest BCUT2D eigenvalue weighted by Gasteiger charge is 2.13. The molecule has 0 spiro atoms. The van der Waals surface area contributed by atoms with Crippen molar-refractivity contribution >= 4 is 17.5 Å².